The van der Waals surface area contributed by atoms with Crippen LogP contribution in [0.1, 0.15) is 20.8 Å². The van der Waals surface area contributed by atoms with Gasteiger partial charge < -0.3 is 14.6 Å². The Kier molecular flexibility index (Phi) is 5.05. The van der Waals surface area contributed by atoms with E-state index in [0.29, 0.717) is 13.2 Å². The maximum Gasteiger partial charge on any atom is 0.250 e. The number of aryl methyl sites for hydroxylation is 1. The Morgan fingerprint density at radius 1 is 1.44 bits per heavy atom. The van der Waals surface area contributed by atoms with Crippen LogP contribution in [0.5, 0.6) is 0 Å². The first-order chi connectivity index (χ1) is 7.67. The highest BCUT2D eigenvalue weighted by Crippen LogP contribution is 2.05. The van der Waals surface area contributed by atoms with Crippen molar-refractivity contribution in [2.75, 3.05) is 18.5 Å². The summed E-state index contributed by atoms with van der Waals surface area (Å²) in [4.78, 5) is 11.4. The first-order valence-corrected chi connectivity index (χ1v) is 5.72. The van der Waals surface area contributed by atoms with Crippen LogP contribution < -0.4 is 10.9 Å². The summed E-state index contributed by atoms with van der Waals surface area (Å²) in [7, 11) is 0. The fourth-order valence-electron chi connectivity index (χ4n) is 1.48. The Hall–Kier alpha value is -1.29. The Labute approximate surface area is 96.2 Å². The summed E-state index contributed by atoms with van der Waals surface area (Å²) in [6, 6.07) is 3.62. The highest BCUT2D eigenvalue weighted by molar-refractivity contribution is 5.41. The molecule has 1 heterocycles. The van der Waals surface area contributed by atoms with Crippen molar-refractivity contribution in [3.8, 4) is 0 Å². The summed E-state index contributed by atoms with van der Waals surface area (Å²) in [5.74, 6) is 0. The van der Waals surface area contributed by atoms with Crippen LogP contribution >= 0.6 is 0 Å². The Bertz CT molecular complexity index is 374. The molecule has 0 bridgehead atoms. The van der Waals surface area contributed by atoms with E-state index in [0.717, 1.165) is 12.3 Å². The molecule has 0 amide bonds. The third-order valence-electron chi connectivity index (χ3n) is 2.31. The van der Waals surface area contributed by atoms with Gasteiger partial charge >= 0.3 is 0 Å². The van der Waals surface area contributed by atoms with Crippen molar-refractivity contribution in [1.82, 2.24) is 4.57 Å². The van der Waals surface area contributed by atoms with Crippen LogP contribution in [0.2, 0.25) is 0 Å². The average Bonchev–Trinajstić information content (AvgIpc) is 2.29. The normalized spacial score (nSPS) is 12.4. The molecule has 4 heteroatoms. The summed E-state index contributed by atoms with van der Waals surface area (Å²) >= 11 is 0. The van der Waals surface area contributed by atoms with Gasteiger partial charge in [0, 0.05) is 31.5 Å². The molecule has 0 aliphatic heterocycles. The molecule has 0 saturated heterocycles. The number of anilines is 1. The fourth-order valence-corrected chi connectivity index (χ4v) is 1.48. The molecule has 1 rings (SSSR count). The van der Waals surface area contributed by atoms with Gasteiger partial charge in [0.25, 0.3) is 5.56 Å². The Morgan fingerprint density at radius 3 is 2.81 bits per heavy atom. The average molecular weight is 224 g/mol. The molecule has 16 heavy (non-hydrogen) atoms. The fraction of sp³-hybridized carbons (Fsp3) is 0.583. The maximum absolute atomic E-state index is 11.4. The summed E-state index contributed by atoms with van der Waals surface area (Å²) in [5.41, 5.74) is 0.985. The third-order valence-corrected chi connectivity index (χ3v) is 2.31. The molecular weight excluding hydrogens is 204 g/mol. The molecule has 1 aromatic rings. The molecule has 1 atom stereocenters. The van der Waals surface area contributed by atoms with Gasteiger partial charge in [0.15, 0.2) is 0 Å². The van der Waals surface area contributed by atoms with Crippen molar-refractivity contribution >= 4 is 5.69 Å². The summed E-state index contributed by atoms with van der Waals surface area (Å²) in [6.07, 6.45) is 1.84. The van der Waals surface area contributed by atoms with Gasteiger partial charge in [0.05, 0.1) is 12.3 Å². The second-order valence-electron chi connectivity index (χ2n) is 3.75. The van der Waals surface area contributed by atoms with Gasteiger partial charge in [0.1, 0.15) is 0 Å². The van der Waals surface area contributed by atoms with E-state index in [9.17, 15) is 4.79 Å². The Balaban J connectivity index is 2.63. The molecule has 4 nitrogen and oxygen atoms in total. The van der Waals surface area contributed by atoms with E-state index in [4.69, 9.17) is 4.74 Å². The third kappa shape index (κ3) is 3.70. The molecule has 1 N–H and O–H groups in total. The number of hydrogen-bond acceptors (Lipinski definition) is 3. The van der Waals surface area contributed by atoms with Gasteiger partial charge in [-0.15, -0.1) is 0 Å². The van der Waals surface area contributed by atoms with Gasteiger partial charge in [-0.1, -0.05) is 0 Å². The summed E-state index contributed by atoms with van der Waals surface area (Å²) < 4.78 is 6.99. The minimum atomic E-state index is 0.0329. The largest absolute Gasteiger partial charge is 0.380 e. The van der Waals surface area contributed by atoms with Crippen molar-refractivity contribution < 1.29 is 4.74 Å². The lowest BCUT2D eigenvalue weighted by molar-refractivity contribution is 0.141. The lowest BCUT2D eigenvalue weighted by Crippen LogP contribution is -2.24. The maximum atomic E-state index is 11.4. The van der Waals surface area contributed by atoms with Gasteiger partial charge in [-0.25, -0.2) is 0 Å². The zero-order valence-corrected chi connectivity index (χ0v) is 10.2. The molecule has 0 radical (unpaired) electrons. The minimum absolute atomic E-state index is 0.0329. The van der Waals surface area contributed by atoms with Crippen molar-refractivity contribution in [1.29, 1.82) is 0 Å². The van der Waals surface area contributed by atoms with Crippen LogP contribution in [0.3, 0.4) is 0 Å². The zero-order chi connectivity index (χ0) is 12.0. The van der Waals surface area contributed by atoms with E-state index >= 15 is 0 Å². The molecule has 1 aromatic heterocycles. The number of hydrogen-bond donors (Lipinski definition) is 1. The number of pyridine rings is 1. The van der Waals surface area contributed by atoms with Crippen LogP contribution in [0.25, 0.3) is 0 Å². The second-order valence-corrected chi connectivity index (χ2v) is 3.75. The van der Waals surface area contributed by atoms with E-state index in [2.05, 4.69) is 12.2 Å². The topological polar surface area (TPSA) is 43.3 Å². The van der Waals surface area contributed by atoms with Crippen LogP contribution in [-0.2, 0) is 11.3 Å². The quantitative estimate of drug-likeness (QED) is 0.800. The zero-order valence-electron chi connectivity index (χ0n) is 10.2. The molecular formula is C12H20N2O2. The first-order valence-electron chi connectivity index (χ1n) is 5.72. The first kappa shape index (κ1) is 12.8. The molecule has 0 spiro atoms. The van der Waals surface area contributed by atoms with Crippen molar-refractivity contribution in [3.05, 3.63) is 28.7 Å². The highest BCUT2D eigenvalue weighted by atomic mass is 16.5. The van der Waals surface area contributed by atoms with E-state index in [1.54, 1.807) is 16.7 Å². The number of aromatic nitrogens is 1. The number of ether oxygens (including phenoxy) is 1. The molecule has 0 fully saturated rings. The van der Waals surface area contributed by atoms with Gasteiger partial charge in [-0.05, 0) is 26.8 Å². The van der Waals surface area contributed by atoms with Crippen LogP contribution in [0.15, 0.2) is 23.1 Å². The van der Waals surface area contributed by atoms with Crippen molar-refractivity contribution in [2.24, 2.45) is 0 Å². The van der Waals surface area contributed by atoms with Gasteiger partial charge in [0.2, 0.25) is 0 Å². The van der Waals surface area contributed by atoms with Crippen molar-refractivity contribution in [2.45, 2.75) is 33.4 Å². The second kappa shape index (κ2) is 6.33. The number of rotatable bonds is 6. The summed E-state index contributed by atoms with van der Waals surface area (Å²) in [6.45, 7) is 8.06. The highest BCUT2D eigenvalue weighted by Gasteiger charge is 2.02. The minimum Gasteiger partial charge on any atom is -0.380 e. The lowest BCUT2D eigenvalue weighted by atomic mass is 10.3. The molecule has 0 aliphatic rings. The summed E-state index contributed by atoms with van der Waals surface area (Å²) in [5, 5.41) is 3.29. The predicted molar refractivity (Wildman–Crippen MR) is 66.0 cm³/mol. The number of nitrogens with one attached hydrogen (secondary N) is 1. The molecule has 0 saturated carbocycles. The molecule has 90 valence electrons. The monoisotopic (exact) mass is 224 g/mol. The van der Waals surface area contributed by atoms with E-state index < -0.39 is 0 Å². The van der Waals surface area contributed by atoms with Gasteiger partial charge in [-0.2, -0.15) is 0 Å². The smallest absolute Gasteiger partial charge is 0.250 e. The van der Waals surface area contributed by atoms with Crippen LogP contribution in [-0.4, -0.2) is 23.8 Å². The van der Waals surface area contributed by atoms with E-state index in [1.807, 2.05) is 20.0 Å². The van der Waals surface area contributed by atoms with E-state index in [-0.39, 0.29) is 11.6 Å². The predicted octanol–water partition coefficient (Wildman–Crippen LogP) is 1.71. The van der Waals surface area contributed by atoms with Gasteiger partial charge in [-0.3, -0.25) is 4.79 Å². The SMILES string of the molecule is CCOCC(C)Nc1ccc(=O)n(CC)c1. The van der Waals surface area contributed by atoms with Crippen LogP contribution in [0, 0.1) is 0 Å². The van der Waals surface area contributed by atoms with E-state index in [1.165, 1.54) is 0 Å². The molecule has 0 aliphatic carbocycles. The lowest BCUT2D eigenvalue weighted by Gasteiger charge is -2.15. The number of nitrogens with zero attached hydrogens (tertiary/aromatic N) is 1. The Morgan fingerprint density at radius 2 is 2.19 bits per heavy atom. The molecule has 0 aromatic carbocycles. The standard InChI is InChI=1S/C12H20N2O2/c1-4-14-8-11(6-7-12(14)15)13-10(3)9-16-5-2/h6-8,10,13H,4-5,9H2,1-3H3. The van der Waals surface area contributed by atoms with Crippen molar-refractivity contribution in [3.63, 3.8) is 0 Å². The van der Waals surface area contributed by atoms with Crippen LogP contribution in [0.4, 0.5) is 5.69 Å². The molecule has 1 unspecified atom stereocenters.